The summed E-state index contributed by atoms with van der Waals surface area (Å²) in [7, 11) is 3.12. The molecule has 34 heavy (non-hydrogen) atoms. The molecule has 1 atom stereocenters. The average molecular weight is 477 g/mol. The highest BCUT2D eigenvalue weighted by Gasteiger charge is 2.18. The third-order valence-electron chi connectivity index (χ3n) is 5.30. The van der Waals surface area contributed by atoms with E-state index in [2.05, 4.69) is 5.32 Å². The molecule has 8 heteroatoms. The van der Waals surface area contributed by atoms with Crippen LogP contribution in [0.5, 0.6) is 11.5 Å². The summed E-state index contributed by atoms with van der Waals surface area (Å²) in [6, 6.07) is 18.1. The molecule has 0 aliphatic rings. The molecule has 0 radical (unpaired) electrons. The van der Waals surface area contributed by atoms with Gasteiger partial charge in [-0.3, -0.25) is 4.79 Å². The number of carbonyl (C=O) groups is 2. The Morgan fingerprint density at radius 1 is 1.00 bits per heavy atom. The number of fused-ring (bicyclic) bond motifs is 1. The first-order valence-corrected chi connectivity index (χ1v) is 11.5. The molecule has 4 rings (SSSR count). The van der Waals surface area contributed by atoms with Gasteiger partial charge in [0, 0.05) is 15.8 Å². The van der Waals surface area contributed by atoms with Crippen LogP contribution in [0, 0.1) is 0 Å². The zero-order valence-corrected chi connectivity index (χ0v) is 19.8. The van der Waals surface area contributed by atoms with Gasteiger partial charge in [0.1, 0.15) is 0 Å². The Labute approximate surface area is 201 Å². The molecule has 0 saturated carbocycles. The molecule has 0 spiro atoms. The molecule has 7 nitrogen and oxygen atoms in total. The quantitative estimate of drug-likeness (QED) is 0.360. The third-order valence-corrected chi connectivity index (χ3v) is 6.35. The number of ether oxygens (including phenoxy) is 3. The van der Waals surface area contributed by atoms with Gasteiger partial charge in [-0.25, -0.2) is 9.78 Å². The summed E-state index contributed by atoms with van der Waals surface area (Å²) >= 11 is 1.55. The number of thiophene rings is 1. The Morgan fingerprint density at radius 2 is 1.79 bits per heavy atom. The molecule has 0 saturated heterocycles. The topological polar surface area (TPSA) is 86.8 Å². The van der Waals surface area contributed by atoms with Crippen molar-refractivity contribution in [2.24, 2.45) is 0 Å². The van der Waals surface area contributed by atoms with Crippen molar-refractivity contribution in [3.8, 4) is 22.8 Å². The largest absolute Gasteiger partial charge is 0.493 e. The highest BCUT2D eigenvalue weighted by atomic mass is 32.1. The van der Waals surface area contributed by atoms with Gasteiger partial charge < -0.3 is 19.5 Å². The number of amides is 1. The lowest BCUT2D eigenvalue weighted by Crippen LogP contribution is -2.30. The summed E-state index contributed by atoms with van der Waals surface area (Å²) in [5.41, 5.74) is 2.29. The molecule has 1 N–H and O–H groups in total. The van der Waals surface area contributed by atoms with Crippen LogP contribution < -0.4 is 14.8 Å². The highest BCUT2D eigenvalue weighted by molar-refractivity contribution is 7.10. The van der Waals surface area contributed by atoms with Gasteiger partial charge in [0.05, 0.1) is 37.0 Å². The monoisotopic (exact) mass is 476 g/mol. The minimum atomic E-state index is -0.598. The van der Waals surface area contributed by atoms with Gasteiger partial charge in [-0.15, -0.1) is 11.3 Å². The first kappa shape index (κ1) is 23.3. The van der Waals surface area contributed by atoms with Crippen molar-refractivity contribution in [3.05, 3.63) is 76.5 Å². The van der Waals surface area contributed by atoms with Gasteiger partial charge in [-0.2, -0.15) is 0 Å². The average Bonchev–Trinajstić information content (AvgIpc) is 3.41. The van der Waals surface area contributed by atoms with E-state index in [1.807, 2.05) is 48.7 Å². The zero-order valence-electron chi connectivity index (χ0n) is 19.0. The predicted octanol–water partition coefficient (Wildman–Crippen LogP) is 5.01. The number of carbonyl (C=O) groups excluding carboxylic acids is 2. The molecule has 0 fully saturated rings. The van der Waals surface area contributed by atoms with E-state index in [0.717, 1.165) is 10.4 Å². The Kier molecular flexibility index (Phi) is 7.08. The van der Waals surface area contributed by atoms with Crippen molar-refractivity contribution in [2.45, 2.75) is 13.0 Å². The molecule has 174 valence electrons. The van der Waals surface area contributed by atoms with Crippen LogP contribution in [0.1, 0.15) is 28.2 Å². The summed E-state index contributed by atoms with van der Waals surface area (Å²) < 4.78 is 16.1. The number of benzene rings is 2. The molecular weight excluding hydrogens is 452 g/mol. The van der Waals surface area contributed by atoms with Crippen LogP contribution in [-0.4, -0.2) is 37.7 Å². The van der Waals surface area contributed by atoms with Gasteiger partial charge in [0.2, 0.25) is 0 Å². The summed E-state index contributed by atoms with van der Waals surface area (Å²) in [5, 5.41) is 5.43. The lowest BCUT2D eigenvalue weighted by molar-refractivity contribution is -0.124. The number of hydrogen-bond acceptors (Lipinski definition) is 7. The van der Waals surface area contributed by atoms with Crippen molar-refractivity contribution in [1.29, 1.82) is 0 Å². The van der Waals surface area contributed by atoms with Gasteiger partial charge in [0.15, 0.2) is 18.1 Å². The molecule has 4 aromatic rings. The number of nitrogens with one attached hydrogen (secondary N) is 1. The number of esters is 1. The first-order valence-electron chi connectivity index (χ1n) is 10.6. The molecule has 1 amide bonds. The van der Waals surface area contributed by atoms with Crippen LogP contribution in [0.25, 0.3) is 22.2 Å². The van der Waals surface area contributed by atoms with Crippen molar-refractivity contribution >= 4 is 34.1 Å². The maximum atomic E-state index is 13.0. The van der Waals surface area contributed by atoms with Crippen LogP contribution in [0.2, 0.25) is 0 Å². The molecule has 0 aliphatic carbocycles. The van der Waals surface area contributed by atoms with E-state index >= 15 is 0 Å². The molecular formula is C26H24N2O5S. The number of aromatic nitrogens is 1. The number of rotatable bonds is 8. The standard InChI is InChI=1S/C26H24N2O5S/c1-16(24-9-6-12-34-24)27-25(29)15-33-26(30)19-14-21(28-20-8-5-4-7-18(19)20)17-10-11-22(31-2)23(13-17)32-3/h4-14,16H,15H2,1-3H3,(H,27,29). The van der Waals surface area contributed by atoms with E-state index < -0.39 is 5.97 Å². The minimum Gasteiger partial charge on any atom is -0.493 e. The van der Waals surface area contributed by atoms with Crippen molar-refractivity contribution in [3.63, 3.8) is 0 Å². The fourth-order valence-electron chi connectivity index (χ4n) is 3.59. The van der Waals surface area contributed by atoms with E-state index in [0.29, 0.717) is 33.7 Å². The van der Waals surface area contributed by atoms with Gasteiger partial charge in [-0.1, -0.05) is 24.3 Å². The Hall–Kier alpha value is -3.91. The normalized spacial score (nSPS) is 11.6. The van der Waals surface area contributed by atoms with Crippen LogP contribution in [0.15, 0.2) is 66.0 Å². The van der Waals surface area contributed by atoms with Crippen LogP contribution in [0.4, 0.5) is 0 Å². The summed E-state index contributed by atoms with van der Waals surface area (Å²) in [5.74, 6) is 0.178. The van der Waals surface area contributed by atoms with Crippen molar-refractivity contribution in [1.82, 2.24) is 10.3 Å². The van der Waals surface area contributed by atoms with Gasteiger partial charge in [0.25, 0.3) is 5.91 Å². The van der Waals surface area contributed by atoms with Crippen molar-refractivity contribution in [2.75, 3.05) is 20.8 Å². The van der Waals surface area contributed by atoms with E-state index in [-0.39, 0.29) is 18.6 Å². The number of para-hydroxylation sites is 1. The SMILES string of the molecule is COc1ccc(-c2cc(C(=O)OCC(=O)NC(C)c3cccs3)c3ccccc3n2)cc1OC. The zero-order chi connectivity index (χ0) is 24.1. The number of pyridine rings is 1. The second-order valence-corrected chi connectivity index (χ2v) is 8.50. The van der Waals surface area contributed by atoms with Gasteiger partial charge >= 0.3 is 5.97 Å². The molecule has 2 heterocycles. The molecule has 1 unspecified atom stereocenters. The summed E-state index contributed by atoms with van der Waals surface area (Å²) in [4.78, 5) is 31.1. The van der Waals surface area contributed by atoms with E-state index in [1.165, 1.54) is 0 Å². The summed E-state index contributed by atoms with van der Waals surface area (Å²) in [6.45, 7) is 1.51. The van der Waals surface area contributed by atoms with Crippen LogP contribution in [0.3, 0.4) is 0 Å². The Balaban J connectivity index is 1.58. The maximum absolute atomic E-state index is 13.0. The number of methoxy groups -OCH3 is 2. The van der Waals surface area contributed by atoms with Crippen molar-refractivity contribution < 1.29 is 23.8 Å². The fourth-order valence-corrected chi connectivity index (χ4v) is 4.32. The Bertz CT molecular complexity index is 1320. The first-order chi connectivity index (χ1) is 16.5. The number of hydrogen-bond donors (Lipinski definition) is 1. The fraction of sp³-hybridized carbons (Fsp3) is 0.192. The van der Waals surface area contributed by atoms with Crippen LogP contribution in [-0.2, 0) is 9.53 Å². The van der Waals surface area contributed by atoms with Gasteiger partial charge in [-0.05, 0) is 48.7 Å². The molecule has 0 aliphatic heterocycles. The summed E-state index contributed by atoms with van der Waals surface area (Å²) in [6.07, 6.45) is 0. The highest BCUT2D eigenvalue weighted by Crippen LogP contribution is 2.33. The number of nitrogens with zero attached hydrogens (tertiary/aromatic N) is 1. The lowest BCUT2D eigenvalue weighted by Gasteiger charge is -2.14. The van der Waals surface area contributed by atoms with Crippen LogP contribution >= 0.6 is 11.3 Å². The lowest BCUT2D eigenvalue weighted by atomic mass is 10.0. The minimum absolute atomic E-state index is 0.162. The molecule has 2 aromatic carbocycles. The Morgan fingerprint density at radius 3 is 2.53 bits per heavy atom. The molecule has 2 aromatic heterocycles. The maximum Gasteiger partial charge on any atom is 0.339 e. The predicted molar refractivity (Wildman–Crippen MR) is 131 cm³/mol. The second kappa shape index (κ2) is 10.4. The van der Waals surface area contributed by atoms with E-state index in [9.17, 15) is 9.59 Å². The third kappa shape index (κ3) is 5.02. The van der Waals surface area contributed by atoms with E-state index in [4.69, 9.17) is 19.2 Å². The second-order valence-electron chi connectivity index (χ2n) is 7.52. The molecule has 0 bridgehead atoms. The van der Waals surface area contributed by atoms with E-state index in [1.54, 1.807) is 49.8 Å². The smallest absolute Gasteiger partial charge is 0.339 e.